The van der Waals surface area contributed by atoms with E-state index in [9.17, 15) is 9.18 Å². The topological polar surface area (TPSA) is 85.8 Å². The van der Waals surface area contributed by atoms with Crippen molar-refractivity contribution >= 4 is 35.0 Å². The zero-order valence-electron chi connectivity index (χ0n) is 13.8. The molecule has 2 rings (SSSR count). The van der Waals surface area contributed by atoms with Crippen LogP contribution in [0, 0.1) is 5.82 Å². The fraction of sp³-hybridized carbons (Fsp3) is 0.400. The number of nitrogens with one attached hydrogen (secondary N) is 1. The van der Waals surface area contributed by atoms with Crippen molar-refractivity contribution in [2.75, 3.05) is 11.2 Å². The molecule has 0 aliphatic rings. The van der Waals surface area contributed by atoms with Gasteiger partial charge < -0.3 is 11.2 Å². The first-order chi connectivity index (χ1) is 11.1. The van der Waals surface area contributed by atoms with E-state index in [4.69, 9.17) is 17.4 Å². The summed E-state index contributed by atoms with van der Waals surface area (Å²) in [4.78, 5) is 12.3. The first-order valence-electron chi connectivity index (χ1n) is 7.23. The molecule has 0 aliphatic heterocycles. The predicted octanol–water partition coefficient (Wildman–Crippen LogP) is 3.20. The van der Waals surface area contributed by atoms with E-state index in [1.807, 2.05) is 20.8 Å². The van der Waals surface area contributed by atoms with Gasteiger partial charge >= 0.3 is 0 Å². The Morgan fingerprint density at radius 1 is 1.42 bits per heavy atom. The predicted molar refractivity (Wildman–Crippen MR) is 94.2 cm³/mol. The highest BCUT2D eigenvalue weighted by molar-refractivity contribution is 8.00. The second kappa shape index (κ2) is 6.98. The van der Waals surface area contributed by atoms with Gasteiger partial charge in [-0.1, -0.05) is 44.1 Å². The molecule has 0 aliphatic carbocycles. The summed E-state index contributed by atoms with van der Waals surface area (Å²) in [7, 11) is 0. The molecule has 1 aromatic heterocycles. The molecule has 1 atom stereocenters. The van der Waals surface area contributed by atoms with Gasteiger partial charge in [-0.15, -0.1) is 10.2 Å². The Morgan fingerprint density at radius 3 is 2.62 bits per heavy atom. The fourth-order valence-electron chi connectivity index (χ4n) is 1.90. The minimum Gasteiger partial charge on any atom is -0.336 e. The number of thioether (sulfide) groups is 1. The average molecular weight is 372 g/mol. The smallest absolute Gasteiger partial charge is 0.237 e. The monoisotopic (exact) mass is 371 g/mol. The highest BCUT2D eigenvalue weighted by Crippen LogP contribution is 2.27. The van der Waals surface area contributed by atoms with E-state index in [1.165, 1.54) is 34.6 Å². The second-order valence-electron chi connectivity index (χ2n) is 6.30. The van der Waals surface area contributed by atoms with Gasteiger partial charge in [0.05, 0.1) is 10.3 Å². The Bertz CT molecular complexity index is 759. The Balaban J connectivity index is 2.06. The number of aromatic nitrogens is 3. The van der Waals surface area contributed by atoms with Crippen LogP contribution in [0.15, 0.2) is 23.4 Å². The third-order valence-electron chi connectivity index (χ3n) is 3.17. The number of halogens is 2. The van der Waals surface area contributed by atoms with E-state index in [0.29, 0.717) is 16.7 Å². The molecule has 9 heteroatoms. The molecule has 0 bridgehead atoms. The lowest BCUT2D eigenvalue weighted by Gasteiger charge is -2.17. The SMILES string of the molecule is CC(Sc1nnc(C(C)(C)C)n1N)C(=O)Nc1ccc(F)c(Cl)c1. The molecule has 0 saturated carbocycles. The molecule has 0 fully saturated rings. The molecule has 0 saturated heterocycles. The van der Waals surface area contributed by atoms with Crippen LogP contribution in [0.3, 0.4) is 0 Å². The summed E-state index contributed by atoms with van der Waals surface area (Å²) >= 11 is 6.89. The second-order valence-corrected chi connectivity index (χ2v) is 8.02. The van der Waals surface area contributed by atoms with Crippen LogP contribution in [0.5, 0.6) is 0 Å². The quantitative estimate of drug-likeness (QED) is 0.636. The Morgan fingerprint density at radius 2 is 2.08 bits per heavy atom. The van der Waals surface area contributed by atoms with Gasteiger partial charge in [0.2, 0.25) is 11.1 Å². The van der Waals surface area contributed by atoms with Crippen LogP contribution < -0.4 is 11.2 Å². The number of anilines is 1. The first kappa shape index (κ1) is 18.5. The van der Waals surface area contributed by atoms with Gasteiger partial charge in [-0.25, -0.2) is 9.07 Å². The van der Waals surface area contributed by atoms with Crippen LogP contribution in [0.2, 0.25) is 5.02 Å². The Hall–Kier alpha value is -1.80. The largest absolute Gasteiger partial charge is 0.336 e. The molecule has 0 spiro atoms. The van der Waals surface area contributed by atoms with Crippen molar-refractivity contribution in [2.45, 2.75) is 43.5 Å². The molecule has 2 aromatic rings. The van der Waals surface area contributed by atoms with E-state index in [1.54, 1.807) is 6.92 Å². The van der Waals surface area contributed by atoms with Crippen molar-refractivity contribution < 1.29 is 9.18 Å². The van der Waals surface area contributed by atoms with Crippen LogP contribution in [-0.2, 0) is 10.2 Å². The lowest BCUT2D eigenvalue weighted by atomic mass is 9.96. The summed E-state index contributed by atoms with van der Waals surface area (Å²) in [5.74, 6) is 5.82. The van der Waals surface area contributed by atoms with Crippen molar-refractivity contribution in [3.63, 3.8) is 0 Å². The summed E-state index contributed by atoms with van der Waals surface area (Å²) in [5.41, 5.74) is 0.167. The van der Waals surface area contributed by atoms with Crippen LogP contribution >= 0.6 is 23.4 Å². The fourth-order valence-corrected chi connectivity index (χ4v) is 2.85. The van der Waals surface area contributed by atoms with E-state index < -0.39 is 11.1 Å². The van der Waals surface area contributed by atoms with E-state index in [2.05, 4.69) is 15.5 Å². The van der Waals surface area contributed by atoms with Gasteiger partial charge in [0.1, 0.15) is 5.82 Å². The molecule has 0 radical (unpaired) electrons. The third-order valence-corrected chi connectivity index (χ3v) is 4.52. The summed E-state index contributed by atoms with van der Waals surface area (Å²) in [6.45, 7) is 7.65. The molecule has 130 valence electrons. The number of nitrogen functional groups attached to an aromatic ring is 1. The van der Waals surface area contributed by atoms with Gasteiger partial charge in [0, 0.05) is 11.1 Å². The van der Waals surface area contributed by atoms with Gasteiger partial charge in [-0.3, -0.25) is 4.79 Å². The number of benzene rings is 1. The summed E-state index contributed by atoms with van der Waals surface area (Å²) in [5, 5.41) is 10.7. The molecule has 24 heavy (non-hydrogen) atoms. The van der Waals surface area contributed by atoms with Crippen LogP contribution in [0.1, 0.15) is 33.5 Å². The summed E-state index contributed by atoms with van der Waals surface area (Å²) in [6.07, 6.45) is 0. The molecular formula is C15H19ClFN5OS. The average Bonchev–Trinajstić information content (AvgIpc) is 2.84. The number of carbonyl (C=O) groups excluding carboxylic acids is 1. The third kappa shape index (κ3) is 4.18. The van der Waals surface area contributed by atoms with Gasteiger partial charge in [-0.2, -0.15) is 0 Å². The highest BCUT2D eigenvalue weighted by Gasteiger charge is 2.25. The van der Waals surface area contributed by atoms with Crippen LogP contribution in [0.25, 0.3) is 0 Å². The Kier molecular flexibility index (Phi) is 5.39. The lowest BCUT2D eigenvalue weighted by Crippen LogP contribution is -2.26. The van der Waals surface area contributed by atoms with Crippen molar-refractivity contribution in [1.29, 1.82) is 0 Å². The van der Waals surface area contributed by atoms with Gasteiger partial charge in [-0.05, 0) is 25.1 Å². The van der Waals surface area contributed by atoms with Crippen LogP contribution in [0.4, 0.5) is 10.1 Å². The number of hydrogen-bond donors (Lipinski definition) is 2. The number of carbonyl (C=O) groups is 1. The maximum atomic E-state index is 13.1. The normalized spacial score (nSPS) is 12.9. The standard InChI is InChI=1S/C15H19ClFN5OS/c1-8(12(23)19-9-5-6-11(17)10(16)7-9)24-14-21-20-13(22(14)18)15(2,3)4/h5-8H,18H2,1-4H3,(H,19,23). The van der Waals surface area contributed by atoms with Crippen LogP contribution in [-0.4, -0.2) is 26.0 Å². The Labute approximate surface area is 148 Å². The van der Waals surface area contributed by atoms with Gasteiger partial charge in [0.25, 0.3) is 0 Å². The van der Waals surface area contributed by atoms with E-state index >= 15 is 0 Å². The van der Waals surface area contributed by atoms with Crippen molar-refractivity contribution in [2.24, 2.45) is 0 Å². The minimum absolute atomic E-state index is 0.0513. The maximum Gasteiger partial charge on any atom is 0.237 e. The minimum atomic E-state index is -0.539. The number of rotatable bonds is 4. The zero-order chi connectivity index (χ0) is 18.1. The molecule has 1 unspecified atom stereocenters. The van der Waals surface area contributed by atoms with E-state index in [0.717, 1.165) is 0 Å². The maximum absolute atomic E-state index is 13.1. The molecule has 3 N–H and O–H groups in total. The number of amides is 1. The summed E-state index contributed by atoms with van der Waals surface area (Å²) < 4.78 is 14.5. The molecule has 1 heterocycles. The molecule has 1 amide bonds. The van der Waals surface area contributed by atoms with Crippen molar-refractivity contribution in [1.82, 2.24) is 14.9 Å². The van der Waals surface area contributed by atoms with Crippen molar-refractivity contribution in [3.8, 4) is 0 Å². The number of hydrogen-bond acceptors (Lipinski definition) is 5. The highest BCUT2D eigenvalue weighted by atomic mass is 35.5. The number of nitrogens with zero attached hydrogens (tertiary/aromatic N) is 3. The first-order valence-corrected chi connectivity index (χ1v) is 8.49. The molecule has 6 nitrogen and oxygen atoms in total. The number of nitrogens with two attached hydrogens (primary N) is 1. The van der Waals surface area contributed by atoms with Crippen molar-refractivity contribution in [3.05, 3.63) is 34.9 Å². The van der Waals surface area contributed by atoms with E-state index in [-0.39, 0.29) is 16.3 Å². The van der Waals surface area contributed by atoms with Gasteiger partial charge in [0.15, 0.2) is 5.82 Å². The zero-order valence-corrected chi connectivity index (χ0v) is 15.4. The molecule has 1 aromatic carbocycles. The lowest BCUT2D eigenvalue weighted by molar-refractivity contribution is -0.115. The molecular weight excluding hydrogens is 353 g/mol. The summed E-state index contributed by atoms with van der Waals surface area (Å²) in [6, 6.07) is 4.00.